The molecule has 2 aromatic carbocycles. The number of nitrogens with one attached hydrogen (secondary N) is 1. The number of hydrogen-bond acceptors (Lipinski definition) is 3. The van der Waals surface area contributed by atoms with Crippen molar-refractivity contribution < 1.29 is 13.2 Å². The zero-order valence-electron chi connectivity index (χ0n) is 15.2. The van der Waals surface area contributed by atoms with Crippen LogP contribution in [0.5, 0.6) is 0 Å². The van der Waals surface area contributed by atoms with E-state index in [9.17, 15) is 13.2 Å². The van der Waals surface area contributed by atoms with Crippen LogP contribution >= 0.6 is 0 Å². The maximum atomic E-state index is 12.4. The summed E-state index contributed by atoms with van der Waals surface area (Å²) in [6.45, 7) is 7.49. The van der Waals surface area contributed by atoms with Gasteiger partial charge < -0.3 is 5.32 Å². The van der Waals surface area contributed by atoms with E-state index in [4.69, 9.17) is 0 Å². The fraction of sp³-hybridized carbons (Fsp3) is 0.316. The van der Waals surface area contributed by atoms with Crippen molar-refractivity contribution in [1.29, 1.82) is 0 Å². The SMILES string of the molecule is Cc1cccc(C(=O)Nc2ccc(S(=O)(=O)N(C)C(C)C)cc2)c1C. The molecule has 134 valence electrons. The summed E-state index contributed by atoms with van der Waals surface area (Å²) in [6, 6.07) is 11.7. The molecular weight excluding hydrogens is 336 g/mol. The average molecular weight is 360 g/mol. The van der Waals surface area contributed by atoms with E-state index in [1.807, 2.05) is 39.8 Å². The molecule has 0 aliphatic rings. The van der Waals surface area contributed by atoms with Crippen LogP contribution in [0.4, 0.5) is 5.69 Å². The number of hydrogen-bond donors (Lipinski definition) is 1. The molecule has 0 aliphatic heterocycles. The number of aryl methyl sites for hydroxylation is 1. The van der Waals surface area contributed by atoms with E-state index in [-0.39, 0.29) is 16.8 Å². The van der Waals surface area contributed by atoms with E-state index in [1.54, 1.807) is 25.2 Å². The standard InChI is InChI=1S/C19H24N2O3S/c1-13(2)21(5)25(23,24)17-11-9-16(10-12-17)20-19(22)18-8-6-7-14(3)15(18)4/h6-13H,1-5H3,(H,20,22). The number of carbonyl (C=O) groups is 1. The molecular formula is C19H24N2O3S. The summed E-state index contributed by atoms with van der Waals surface area (Å²) in [4.78, 5) is 12.6. The van der Waals surface area contributed by atoms with Gasteiger partial charge >= 0.3 is 0 Å². The second-order valence-corrected chi connectivity index (χ2v) is 8.34. The second-order valence-electron chi connectivity index (χ2n) is 6.34. The maximum Gasteiger partial charge on any atom is 0.255 e. The van der Waals surface area contributed by atoms with E-state index >= 15 is 0 Å². The molecule has 0 radical (unpaired) electrons. The lowest BCUT2D eigenvalue weighted by Gasteiger charge is -2.21. The second kappa shape index (κ2) is 7.37. The molecule has 0 saturated carbocycles. The summed E-state index contributed by atoms with van der Waals surface area (Å²) < 4.78 is 26.2. The van der Waals surface area contributed by atoms with Gasteiger partial charge in [-0.3, -0.25) is 4.79 Å². The molecule has 0 aromatic heterocycles. The van der Waals surface area contributed by atoms with Crippen molar-refractivity contribution in [3.8, 4) is 0 Å². The largest absolute Gasteiger partial charge is 0.322 e. The third-order valence-electron chi connectivity index (χ3n) is 4.37. The summed E-state index contributed by atoms with van der Waals surface area (Å²) in [5.41, 5.74) is 3.14. The number of sulfonamides is 1. The molecule has 0 aliphatic carbocycles. The summed E-state index contributed by atoms with van der Waals surface area (Å²) in [5, 5.41) is 2.81. The highest BCUT2D eigenvalue weighted by Gasteiger charge is 2.22. The van der Waals surface area contributed by atoms with Crippen molar-refractivity contribution in [3.63, 3.8) is 0 Å². The minimum atomic E-state index is -3.53. The molecule has 0 unspecified atom stereocenters. The van der Waals surface area contributed by atoms with E-state index in [0.29, 0.717) is 11.3 Å². The Labute approximate surface area is 149 Å². The van der Waals surface area contributed by atoms with Crippen LogP contribution in [0.1, 0.15) is 35.3 Å². The van der Waals surface area contributed by atoms with E-state index in [0.717, 1.165) is 11.1 Å². The van der Waals surface area contributed by atoms with Crippen LogP contribution in [0.3, 0.4) is 0 Å². The minimum Gasteiger partial charge on any atom is -0.322 e. The van der Waals surface area contributed by atoms with Gasteiger partial charge in [-0.15, -0.1) is 0 Å². The summed E-state index contributed by atoms with van der Waals surface area (Å²) in [5.74, 6) is -0.212. The van der Waals surface area contributed by atoms with Gasteiger partial charge in [0, 0.05) is 24.3 Å². The van der Waals surface area contributed by atoms with Gasteiger partial charge in [0.25, 0.3) is 5.91 Å². The quantitative estimate of drug-likeness (QED) is 0.886. The van der Waals surface area contributed by atoms with Gasteiger partial charge in [0.1, 0.15) is 0 Å². The number of carbonyl (C=O) groups excluding carboxylic acids is 1. The first-order valence-corrected chi connectivity index (χ1v) is 9.54. The molecule has 25 heavy (non-hydrogen) atoms. The molecule has 0 spiro atoms. The molecule has 2 aromatic rings. The van der Waals surface area contributed by atoms with Gasteiger partial charge in [0.2, 0.25) is 10.0 Å². The molecule has 1 amide bonds. The Kier molecular flexibility index (Phi) is 5.65. The average Bonchev–Trinajstić information content (AvgIpc) is 2.56. The molecule has 6 heteroatoms. The van der Waals surface area contributed by atoms with Crippen molar-refractivity contribution >= 4 is 21.6 Å². The predicted molar refractivity (Wildman–Crippen MR) is 100 cm³/mol. The fourth-order valence-corrected chi connectivity index (χ4v) is 3.72. The zero-order valence-corrected chi connectivity index (χ0v) is 16.0. The Balaban J connectivity index is 2.21. The molecule has 2 rings (SSSR count). The normalized spacial score (nSPS) is 11.8. The molecule has 5 nitrogen and oxygen atoms in total. The number of anilines is 1. The highest BCUT2D eigenvalue weighted by Crippen LogP contribution is 2.20. The van der Waals surface area contributed by atoms with Crippen LogP contribution in [-0.2, 0) is 10.0 Å². The number of amides is 1. The summed E-state index contributed by atoms with van der Waals surface area (Å²) >= 11 is 0. The first-order chi connectivity index (χ1) is 11.6. The van der Waals surface area contributed by atoms with E-state index in [1.165, 1.54) is 16.4 Å². The van der Waals surface area contributed by atoms with Crippen molar-refractivity contribution in [2.75, 3.05) is 12.4 Å². The monoisotopic (exact) mass is 360 g/mol. The van der Waals surface area contributed by atoms with Crippen LogP contribution in [0.15, 0.2) is 47.4 Å². The first-order valence-electron chi connectivity index (χ1n) is 8.10. The fourth-order valence-electron chi connectivity index (χ4n) is 2.35. The molecule has 0 atom stereocenters. The van der Waals surface area contributed by atoms with Gasteiger partial charge in [-0.05, 0) is 69.2 Å². The highest BCUT2D eigenvalue weighted by atomic mass is 32.2. The third-order valence-corrected chi connectivity index (χ3v) is 6.41. The lowest BCUT2D eigenvalue weighted by molar-refractivity contribution is 0.102. The van der Waals surface area contributed by atoms with Gasteiger partial charge in [0.15, 0.2) is 0 Å². The van der Waals surface area contributed by atoms with Crippen molar-refractivity contribution in [1.82, 2.24) is 4.31 Å². The Morgan fingerprint density at radius 2 is 1.64 bits per heavy atom. The molecule has 1 N–H and O–H groups in total. The van der Waals surface area contributed by atoms with Crippen LogP contribution in [0, 0.1) is 13.8 Å². The molecule has 0 fully saturated rings. The molecule has 0 bridgehead atoms. The molecule has 0 heterocycles. The lowest BCUT2D eigenvalue weighted by atomic mass is 10.0. The van der Waals surface area contributed by atoms with Crippen LogP contribution in [0.2, 0.25) is 0 Å². The van der Waals surface area contributed by atoms with Gasteiger partial charge in [-0.1, -0.05) is 12.1 Å². The third kappa shape index (κ3) is 4.08. The Bertz CT molecular complexity index is 872. The van der Waals surface area contributed by atoms with Crippen LogP contribution in [-0.4, -0.2) is 31.7 Å². The number of benzene rings is 2. The van der Waals surface area contributed by atoms with Crippen molar-refractivity contribution in [2.45, 2.75) is 38.6 Å². The van der Waals surface area contributed by atoms with Gasteiger partial charge in [0.05, 0.1) is 4.90 Å². The Morgan fingerprint density at radius 1 is 1.04 bits per heavy atom. The van der Waals surface area contributed by atoms with E-state index in [2.05, 4.69) is 5.32 Å². The van der Waals surface area contributed by atoms with Crippen molar-refractivity contribution in [3.05, 3.63) is 59.2 Å². The maximum absolute atomic E-state index is 12.4. The summed E-state index contributed by atoms with van der Waals surface area (Å²) in [6.07, 6.45) is 0. The molecule has 0 saturated heterocycles. The summed E-state index contributed by atoms with van der Waals surface area (Å²) in [7, 11) is -1.98. The first kappa shape index (κ1) is 19.1. The van der Waals surface area contributed by atoms with E-state index < -0.39 is 10.0 Å². The van der Waals surface area contributed by atoms with Crippen LogP contribution in [0.25, 0.3) is 0 Å². The number of nitrogens with zero attached hydrogens (tertiary/aromatic N) is 1. The Morgan fingerprint density at radius 3 is 2.20 bits per heavy atom. The smallest absolute Gasteiger partial charge is 0.255 e. The lowest BCUT2D eigenvalue weighted by Crippen LogP contribution is -2.33. The topological polar surface area (TPSA) is 66.5 Å². The highest BCUT2D eigenvalue weighted by molar-refractivity contribution is 7.89. The van der Waals surface area contributed by atoms with Crippen LogP contribution < -0.4 is 5.32 Å². The van der Waals surface area contributed by atoms with Gasteiger partial charge in [-0.25, -0.2) is 8.42 Å². The zero-order chi connectivity index (χ0) is 18.8. The number of rotatable bonds is 5. The minimum absolute atomic E-state index is 0.131. The van der Waals surface area contributed by atoms with Crippen molar-refractivity contribution in [2.24, 2.45) is 0 Å². The van der Waals surface area contributed by atoms with Gasteiger partial charge in [-0.2, -0.15) is 4.31 Å². The Hall–Kier alpha value is -2.18. The predicted octanol–water partition coefficient (Wildman–Crippen LogP) is 3.58.